The number of hydrogen-bond donors (Lipinski definition) is 1. The zero-order valence-electron chi connectivity index (χ0n) is 17.4. The van der Waals surface area contributed by atoms with E-state index in [1.165, 1.54) is 26.2 Å². The van der Waals surface area contributed by atoms with E-state index in [4.69, 9.17) is 13.9 Å². The van der Waals surface area contributed by atoms with Crippen LogP contribution in [0.3, 0.4) is 0 Å². The second kappa shape index (κ2) is 9.03. The molecule has 1 saturated heterocycles. The van der Waals surface area contributed by atoms with Crippen molar-refractivity contribution < 1.29 is 18.7 Å². The Hall–Kier alpha value is -2.28. The van der Waals surface area contributed by atoms with Crippen LogP contribution in [0.5, 0.6) is 5.75 Å². The molecule has 1 unspecified atom stereocenters. The van der Waals surface area contributed by atoms with Crippen LogP contribution in [0.25, 0.3) is 11.1 Å². The van der Waals surface area contributed by atoms with E-state index in [9.17, 15) is 4.79 Å². The average molecular weight is 402 g/mol. The van der Waals surface area contributed by atoms with Crippen molar-refractivity contribution in [1.29, 1.82) is 0 Å². The molecule has 2 aliphatic rings. The summed E-state index contributed by atoms with van der Waals surface area (Å²) in [7, 11) is 0. The number of amides is 1. The molecule has 7 heteroatoms. The summed E-state index contributed by atoms with van der Waals surface area (Å²) in [6, 6.07) is 6.59. The number of fused-ring (bicyclic) bond motifs is 1. The van der Waals surface area contributed by atoms with Gasteiger partial charge in [-0.2, -0.15) is 4.98 Å². The van der Waals surface area contributed by atoms with Crippen molar-refractivity contribution in [3.05, 3.63) is 18.2 Å². The Morgan fingerprint density at radius 1 is 1.31 bits per heavy atom. The summed E-state index contributed by atoms with van der Waals surface area (Å²) in [5, 5.41) is 2.85. The van der Waals surface area contributed by atoms with Crippen LogP contribution in [0, 0.1) is 5.92 Å². The fourth-order valence-corrected chi connectivity index (χ4v) is 3.87. The Morgan fingerprint density at radius 3 is 2.79 bits per heavy atom. The maximum Gasteiger partial charge on any atom is 0.298 e. The number of anilines is 1. The summed E-state index contributed by atoms with van der Waals surface area (Å²) in [5.74, 6) is 1.54. The minimum absolute atomic E-state index is 0.0246. The molecule has 1 aliphatic heterocycles. The van der Waals surface area contributed by atoms with Gasteiger partial charge in [0.25, 0.3) is 6.01 Å². The molecule has 2 heterocycles. The molecule has 1 atom stereocenters. The molecular weight excluding hydrogens is 370 g/mol. The molecule has 1 aromatic heterocycles. The third-order valence-corrected chi connectivity index (χ3v) is 5.80. The quantitative estimate of drug-likeness (QED) is 0.729. The highest BCUT2D eigenvalue weighted by atomic mass is 16.5. The molecule has 2 fully saturated rings. The van der Waals surface area contributed by atoms with Crippen LogP contribution in [0.1, 0.15) is 46.0 Å². The largest absolute Gasteiger partial charge is 0.493 e. The van der Waals surface area contributed by atoms with Gasteiger partial charge in [-0.25, -0.2) is 0 Å². The van der Waals surface area contributed by atoms with Gasteiger partial charge < -0.3 is 24.1 Å². The number of oxazole rings is 1. The molecular formula is C22H31N3O4. The van der Waals surface area contributed by atoms with Crippen molar-refractivity contribution in [3.8, 4) is 5.75 Å². The lowest BCUT2D eigenvalue weighted by Crippen LogP contribution is -2.40. The lowest BCUT2D eigenvalue weighted by atomic mass is 9.86. The van der Waals surface area contributed by atoms with Crippen LogP contribution in [0.2, 0.25) is 0 Å². The smallest absolute Gasteiger partial charge is 0.298 e. The number of nitrogens with one attached hydrogen (secondary N) is 1. The average Bonchev–Trinajstić information content (AvgIpc) is 3.08. The zero-order chi connectivity index (χ0) is 20.2. The van der Waals surface area contributed by atoms with Crippen molar-refractivity contribution >= 4 is 23.0 Å². The molecule has 29 heavy (non-hydrogen) atoms. The van der Waals surface area contributed by atoms with E-state index in [-0.39, 0.29) is 18.1 Å². The number of piperidine rings is 1. The van der Waals surface area contributed by atoms with Crippen molar-refractivity contribution in [2.45, 2.75) is 58.1 Å². The lowest BCUT2D eigenvalue weighted by molar-refractivity contribution is -0.120. The first kappa shape index (κ1) is 20.0. The predicted molar refractivity (Wildman–Crippen MR) is 111 cm³/mol. The maximum absolute atomic E-state index is 11.1. The first-order valence-corrected chi connectivity index (χ1v) is 10.7. The molecule has 1 N–H and O–H groups in total. The van der Waals surface area contributed by atoms with Gasteiger partial charge in [0.15, 0.2) is 5.58 Å². The number of benzene rings is 1. The fraction of sp³-hybridized carbons (Fsp3) is 0.636. The predicted octanol–water partition coefficient (Wildman–Crippen LogP) is 3.52. The molecule has 1 amide bonds. The first-order chi connectivity index (χ1) is 14.1. The van der Waals surface area contributed by atoms with Gasteiger partial charge in [0, 0.05) is 32.1 Å². The number of nitrogens with zero attached hydrogens (tertiary/aromatic N) is 2. The van der Waals surface area contributed by atoms with Gasteiger partial charge in [-0.1, -0.05) is 6.42 Å². The van der Waals surface area contributed by atoms with Crippen molar-refractivity contribution in [3.63, 3.8) is 0 Å². The van der Waals surface area contributed by atoms with E-state index >= 15 is 0 Å². The van der Waals surface area contributed by atoms with E-state index in [1.54, 1.807) is 0 Å². The summed E-state index contributed by atoms with van der Waals surface area (Å²) in [4.78, 5) is 17.9. The maximum atomic E-state index is 11.1. The van der Waals surface area contributed by atoms with Crippen LogP contribution in [-0.2, 0) is 9.53 Å². The Bertz CT molecular complexity index is 825. The summed E-state index contributed by atoms with van der Waals surface area (Å²) < 4.78 is 17.9. The topological polar surface area (TPSA) is 76.8 Å². The molecule has 1 aliphatic carbocycles. The van der Waals surface area contributed by atoms with Crippen molar-refractivity contribution in [2.24, 2.45) is 5.92 Å². The van der Waals surface area contributed by atoms with E-state index in [0.717, 1.165) is 49.4 Å². The van der Waals surface area contributed by atoms with Crippen LogP contribution in [-0.4, -0.2) is 49.3 Å². The number of aromatic nitrogens is 1. The minimum Gasteiger partial charge on any atom is -0.493 e. The summed E-state index contributed by atoms with van der Waals surface area (Å²) in [6.07, 6.45) is 5.93. The van der Waals surface area contributed by atoms with Crippen LogP contribution >= 0.6 is 0 Å². The van der Waals surface area contributed by atoms with Gasteiger partial charge in [0.2, 0.25) is 5.91 Å². The van der Waals surface area contributed by atoms with Gasteiger partial charge in [-0.3, -0.25) is 4.79 Å². The van der Waals surface area contributed by atoms with E-state index < -0.39 is 0 Å². The number of carbonyl (C=O) groups is 1. The molecule has 1 aromatic carbocycles. The Balaban J connectivity index is 1.28. The molecule has 4 rings (SSSR count). The highest BCUT2D eigenvalue weighted by Gasteiger charge is 2.24. The summed E-state index contributed by atoms with van der Waals surface area (Å²) in [5.41, 5.74) is 1.63. The first-order valence-electron chi connectivity index (χ1n) is 10.7. The van der Waals surface area contributed by atoms with Crippen LogP contribution in [0.15, 0.2) is 22.6 Å². The SMILES string of the molecule is CC(=O)NC(C)COC1CCN(c2nc3ccc(OCC4CCC4)cc3o2)CC1. The van der Waals surface area contributed by atoms with Crippen LogP contribution in [0.4, 0.5) is 6.01 Å². The van der Waals surface area contributed by atoms with Gasteiger partial charge in [-0.05, 0) is 50.7 Å². The molecule has 0 spiro atoms. The highest BCUT2D eigenvalue weighted by molar-refractivity contribution is 5.76. The standard InChI is InChI=1S/C22H31N3O4/c1-15(23-16(2)26)13-27-18-8-10-25(11-9-18)22-24-20-7-6-19(12-21(20)29-22)28-14-17-4-3-5-17/h6-7,12,15,17-18H,3-5,8-11,13-14H2,1-2H3,(H,23,26). The molecule has 158 valence electrons. The third-order valence-electron chi connectivity index (χ3n) is 5.80. The van der Waals surface area contributed by atoms with E-state index in [0.29, 0.717) is 18.5 Å². The molecule has 0 bridgehead atoms. The summed E-state index contributed by atoms with van der Waals surface area (Å²) >= 11 is 0. The number of carbonyl (C=O) groups excluding carboxylic acids is 1. The van der Waals surface area contributed by atoms with E-state index in [1.807, 2.05) is 25.1 Å². The van der Waals surface area contributed by atoms with Crippen LogP contribution < -0.4 is 15.0 Å². The third kappa shape index (κ3) is 5.21. The Morgan fingerprint density at radius 2 is 2.10 bits per heavy atom. The molecule has 1 saturated carbocycles. The Kier molecular flexibility index (Phi) is 6.23. The van der Waals surface area contributed by atoms with Gasteiger partial charge in [0.05, 0.1) is 19.3 Å². The molecule has 7 nitrogen and oxygen atoms in total. The second-order valence-corrected chi connectivity index (χ2v) is 8.36. The molecule has 2 aromatic rings. The van der Waals surface area contributed by atoms with Gasteiger partial charge >= 0.3 is 0 Å². The monoisotopic (exact) mass is 401 g/mol. The summed E-state index contributed by atoms with van der Waals surface area (Å²) in [6.45, 7) is 6.50. The van der Waals surface area contributed by atoms with E-state index in [2.05, 4.69) is 15.2 Å². The minimum atomic E-state index is -0.0246. The normalized spacial score (nSPS) is 19.2. The van der Waals surface area contributed by atoms with Crippen molar-refractivity contribution in [1.82, 2.24) is 10.3 Å². The number of hydrogen-bond acceptors (Lipinski definition) is 6. The fourth-order valence-electron chi connectivity index (χ4n) is 3.87. The second-order valence-electron chi connectivity index (χ2n) is 8.36. The highest BCUT2D eigenvalue weighted by Crippen LogP contribution is 2.30. The lowest BCUT2D eigenvalue weighted by Gasteiger charge is -2.31. The van der Waals surface area contributed by atoms with Gasteiger partial charge in [-0.15, -0.1) is 0 Å². The zero-order valence-corrected chi connectivity index (χ0v) is 17.4. The molecule has 0 radical (unpaired) electrons. The van der Waals surface area contributed by atoms with Gasteiger partial charge in [0.1, 0.15) is 11.3 Å². The number of rotatable bonds is 8. The Labute approximate surface area is 171 Å². The number of ether oxygens (including phenoxy) is 2. The van der Waals surface area contributed by atoms with Crippen molar-refractivity contribution in [2.75, 3.05) is 31.2 Å².